The summed E-state index contributed by atoms with van der Waals surface area (Å²) in [6.07, 6.45) is 5.29. The van der Waals surface area contributed by atoms with E-state index >= 15 is 0 Å². The minimum Gasteiger partial charge on any atom is -0.395 e. The van der Waals surface area contributed by atoms with Crippen LogP contribution < -0.4 is 4.72 Å². The zero-order chi connectivity index (χ0) is 11.3. The Morgan fingerprint density at radius 3 is 2.33 bits per heavy atom. The molecule has 0 aromatic carbocycles. The van der Waals surface area contributed by atoms with Gasteiger partial charge in [0.2, 0.25) is 10.0 Å². The Morgan fingerprint density at radius 2 is 1.87 bits per heavy atom. The fourth-order valence-electron chi connectivity index (χ4n) is 2.12. The van der Waals surface area contributed by atoms with Crippen LogP contribution >= 0.6 is 0 Å². The molecule has 0 aliphatic heterocycles. The molecule has 1 saturated carbocycles. The van der Waals surface area contributed by atoms with Crippen LogP contribution in [-0.4, -0.2) is 31.9 Å². The minimum atomic E-state index is -3.26. The van der Waals surface area contributed by atoms with Crippen molar-refractivity contribution in [3.63, 3.8) is 0 Å². The molecule has 15 heavy (non-hydrogen) atoms. The molecule has 4 nitrogen and oxygen atoms in total. The smallest absolute Gasteiger partial charge is 0.214 e. The average molecular weight is 235 g/mol. The Kier molecular flexibility index (Phi) is 5.02. The Morgan fingerprint density at radius 1 is 1.27 bits per heavy atom. The highest BCUT2D eigenvalue weighted by Crippen LogP contribution is 2.26. The maximum atomic E-state index is 11.4. The third-order valence-electron chi connectivity index (χ3n) is 3.13. The number of hydrogen-bond acceptors (Lipinski definition) is 3. The molecule has 0 radical (unpaired) electrons. The van der Waals surface area contributed by atoms with Crippen LogP contribution in [0.2, 0.25) is 0 Å². The van der Waals surface area contributed by atoms with Gasteiger partial charge in [-0.2, -0.15) is 0 Å². The van der Waals surface area contributed by atoms with E-state index in [1.165, 1.54) is 6.42 Å². The third kappa shape index (κ3) is 4.49. The lowest BCUT2D eigenvalue weighted by molar-refractivity contribution is 0.302. The van der Waals surface area contributed by atoms with Gasteiger partial charge in [-0.15, -0.1) is 0 Å². The van der Waals surface area contributed by atoms with Gasteiger partial charge in [-0.25, -0.2) is 13.1 Å². The van der Waals surface area contributed by atoms with Gasteiger partial charge in [0.15, 0.2) is 0 Å². The van der Waals surface area contributed by atoms with E-state index in [1.807, 2.05) is 0 Å². The summed E-state index contributed by atoms with van der Waals surface area (Å²) in [5.41, 5.74) is 0. The van der Waals surface area contributed by atoms with Crippen molar-refractivity contribution in [2.24, 2.45) is 5.92 Å². The SMILES string of the molecule is CCC1CCC(NS(=O)(=O)CCO)CC1. The van der Waals surface area contributed by atoms with Gasteiger partial charge < -0.3 is 5.11 Å². The maximum Gasteiger partial charge on any atom is 0.214 e. The molecule has 1 fully saturated rings. The highest BCUT2D eigenvalue weighted by Gasteiger charge is 2.23. The van der Waals surface area contributed by atoms with E-state index < -0.39 is 10.0 Å². The van der Waals surface area contributed by atoms with E-state index in [-0.39, 0.29) is 18.4 Å². The van der Waals surface area contributed by atoms with Gasteiger partial charge in [-0.1, -0.05) is 13.3 Å². The van der Waals surface area contributed by atoms with Crippen LogP contribution in [0.25, 0.3) is 0 Å². The van der Waals surface area contributed by atoms with Crippen LogP contribution in [0.3, 0.4) is 0 Å². The Hall–Kier alpha value is -0.130. The van der Waals surface area contributed by atoms with Gasteiger partial charge in [0.1, 0.15) is 0 Å². The molecule has 0 aromatic heterocycles. The number of aliphatic hydroxyl groups is 1. The fourth-order valence-corrected chi connectivity index (χ4v) is 3.22. The highest BCUT2D eigenvalue weighted by molar-refractivity contribution is 7.89. The summed E-state index contributed by atoms with van der Waals surface area (Å²) in [7, 11) is -3.26. The molecule has 2 N–H and O–H groups in total. The summed E-state index contributed by atoms with van der Waals surface area (Å²) in [6.45, 7) is 1.88. The molecule has 0 bridgehead atoms. The van der Waals surface area contributed by atoms with E-state index in [0.29, 0.717) is 0 Å². The summed E-state index contributed by atoms with van der Waals surface area (Å²) < 4.78 is 25.4. The second kappa shape index (κ2) is 5.82. The van der Waals surface area contributed by atoms with E-state index in [9.17, 15) is 8.42 Å². The molecule has 5 heteroatoms. The Bertz CT molecular complexity index is 268. The summed E-state index contributed by atoms with van der Waals surface area (Å²) in [5.74, 6) is 0.587. The summed E-state index contributed by atoms with van der Waals surface area (Å²) in [4.78, 5) is 0. The molecule has 1 aliphatic rings. The average Bonchev–Trinajstić information content (AvgIpc) is 2.18. The van der Waals surface area contributed by atoms with Gasteiger partial charge in [0.05, 0.1) is 12.4 Å². The van der Waals surface area contributed by atoms with Crippen molar-refractivity contribution in [2.75, 3.05) is 12.4 Å². The van der Waals surface area contributed by atoms with Crippen LogP contribution in [0.15, 0.2) is 0 Å². The molecule has 0 saturated heterocycles. The monoisotopic (exact) mass is 235 g/mol. The zero-order valence-corrected chi connectivity index (χ0v) is 10.1. The second-order valence-electron chi connectivity index (χ2n) is 4.29. The van der Waals surface area contributed by atoms with Gasteiger partial charge >= 0.3 is 0 Å². The Labute approximate surface area is 92.1 Å². The molecule has 0 heterocycles. The lowest BCUT2D eigenvalue weighted by atomic mass is 9.85. The topological polar surface area (TPSA) is 66.4 Å². The first kappa shape index (κ1) is 12.9. The third-order valence-corrected chi connectivity index (χ3v) is 4.54. The van der Waals surface area contributed by atoms with E-state index in [0.717, 1.165) is 31.6 Å². The zero-order valence-electron chi connectivity index (χ0n) is 9.28. The predicted molar refractivity (Wildman–Crippen MR) is 60.0 cm³/mol. The summed E-state index contributed by atoms with van der Waals surface area (Å²) in [6, 6.07) is 0.0874. The van der Waals surface area contributed by atoms with Crippen LogP contribution in [0, 0.1) is 5.92 Å². The lowest BCUT2D eigenvalue weighted by Crippen LogP contribution is -2.39. The highest BCUT2D eigenvalue weighted by atomic mass is 32.2. The molecule has 0 amide bonds. The molecule has 0 unspecified atom stereocenters. The van der Waals surface area contributed by atoms with E-state index in [2.05, 4.69) is 11.6 Å². The first-order valence-corrected chi connectivity index (χ1v) is 7.33. The number of aliphatic hydroxyl groups excluding tert-OH is 1. The summed E-state index contributed by atoms with van der Waals surface area (Å²) in [5, 5.41) is 8.59. The fraction of sp³-hybridized carbons (Fsp3) is 1.00. The van der Waals surface area contributed by atoms with E-state index in [4.69, 9.17) is 5.11 Å². The second-order valence-corrected chi connectivity index (χ2v) is 6.16. The molecular formula is C10H21NO3S. The van der Waals surface area contributed by atoms with Gasteiger partial charge in [0, 0.05) is 6.04 Å². The summed E-state index contributed by atoms with van der Waals surface area (Å²) >= 11 is 0. The molecular weight excluding hydrogens is 214 g/mol. The molecule has 0 atom stereocenters. The van der Waals surface area contributed by atoms with Gasteiger partial charge in [0.25, 0.3) is 0 Å². The van der Waals surface area contributed by atoms with Crippen molar-refractivity contribution in [3.05, 3.63) is 0 Å². The minimum absolute atomic E-state index is 0.0874. The molecule has 1 aliphatic carbocycles. The van der Waals surface area contributed by atoms with Crippen molar-refractivity contribution < 1.29 is 13.5 Å². The normalized spacial score (nSPS) is 27.9. The first-order chi connectivity index (χ1) is 7.07. The molecule has 1 rings (SSSR count). The number of nitrogens with one attached hydrogen (secondary N) is 1. The van der Waals surface area contributed by atoms with Gasteiger partial charge in [-0.3, -0.25) is 0 Å². The number of hydrogen-bond donors (Lipinski definition) is 2. The molecule has 0 spiro atoms. The van der Waals surface area contributed by atoms with Crippen LogP contribution in [0.4, 0.5) is 0 Å². The largest absolute Gasteiger partial charge is 0.395 e. The van der Waals surface area contributed by atoms with Crippen molar-refractivity contribution in [2.45, 2.75) is 45.1 Å². The predicted octanol–water partition coefficient (Wildman–Crippen LogP) is 0.867. The van der Waals surface area contributed by atoms with Crippen LogP contribution in [0.1, 0.15) is 39.0 Å². The number of sulfonamides is 1. The standard InChI is InChI=1S/C10H21NO3S/c1-2-9-3-5-10(6-4-9)11-15(13,14)8-7-12/h9-12H,2-8H2,1H3. The van der Waals surface area contributed by atoms with Crippen molar-refractivity contribution >= 4 is 10.0 Å². The van der Waals surface area contributed by atoms with E-state index in [1.54, 1.807) is 0 Å². The lowest BCUT2D eigenvalue weighted by Gasteiger charge is -2.28. The van der Waals surface area contributed by atoms with Crippen molar-refractivity contribution in [3.8, 4) is 0 Å². The first-order valence-electron chi connectivity index (χ1n) is 5.68. The molecule has 0 aromatic rings. The Balaban J connectivity index is 2.35. The maximum absolute atomic E-state index is 11.4. The quantitative estimate of drug-likeness (QED) is 0.743. The van der Waals surface area contributed by atoms with Crippen LogP contribution in [-0.2, 0) is 10.0 Å². The van der Waals surface area contributed by atoms with Gasteiger partial charge in [-0.05, 0) is 31.6 Å². The van der Waals surface area contributed by atoms with Crippen LogP contribution in [0.5, 0.6) is 0 Å². The van der Waals surface area contributed by atoms with Crippen molar-refractivity contribution in [1.29, 1.82) is 0 Å². The van der Waals surface area contributed by atoms with Crippen molar-refractivity contribution in [1.82, 2.24) is 4.72 Å². The number of rotatable bonds is 5. The molecule has 90 valence electrons.